The number of benzene rings is 1. The first-order valence-corrected chi connectivity index (χ1v) is 11.3. The fraction of sp³-hybridized carbons (Fsp3) is 0.192. The summed E-state index contributed by atoms with van der Waals surface area (Å²) in [5.41, 5.74) is 3.52. The molecule has 0 bridgehead atoms. The zero-order chi connectivity index (χ0) is 24.1. The average Bonchev–Trinajstić information content (AvgIpc) is 3.01. The third-order valence-corrected chi connectivity index (χ3v) is 5.48. The van der Waals surface area contributed by atoms with E-state index in [9.17, 15) is 4.79 Å². The van der Waals surface area contributed by atoms with Gasteiger partial charge in [-0.2, -0.15) is 0 Å². The minimum Gasteiger partial charge on any atom is -0.348 e. The summed E-state index contributed by atoms with van der Waals surface area (Å²) in [5.74, 6) is 0.126. The van der Waals surface area contributed by atoms with Gasteiger partial charge in [-0.05, 0) is 57.4 Å². The molecule has 0 fully saturated rings. The molecule has 1 N–H and O–H groups in total. The first kappa shape index (κ1) is 23.5. The number of amides is 1. The standard InChI is InChI=1S/C26H27ClN6O/c1-19-17-20(12-13-28-19)25(34)30-26-29-23-11-8-10-22(27)24(23)33(26)21-9-4-5-15-32(18-21)16-7-6-14-31(2)3/h4-13,15,17-18H,14,16H2,1-3H3,(H,29,30,34). The molecular formula is C26H27ClN6O. The molecular weight excluding hydrogens is 448 g/mol. The van der Waals surface area contributed by atoms with E-state index >= 15 is 0 Å². The number of fused-ring (bicyclic) bond motifs is 1. The Hall–Kier alpha value is -3.68. The van der Waals surface area contributed by atoms with E-state index in [2.05, 4.69) is 37.2 Å². The second-order valence-electron chi connectivity index (χ2n) is 8.20. The van der Waals surface area contributed by atoms with Crippen LogP contribution in [0.5, 0.6) is 0 Å². The van der Waals surface area contributed by atoms with Gasteiger partial charge < -0.3 is 9.80 Å². The molecule has 0 unspecified atom stereocenters. The van der Waals surface area contributed by atoms with Crippen LogP contribution in [-0.4, -0.2) is 57.4 Å². The molecule has 0 radical (unpaired) electrons. The number of aryl methyl sites for hydroxylation is 1. The molecule has 3 aromatic rings. The van der Waals surface area contributed by atoms with E-state index in [1.54, 1.807) is 18.3 Å². The van der Waals surface area contributed by atoms with Crippen molar-refractivity contribution in [1.29, 1.82) is 0 Å². The molecule has 0 saturated heterocycles. The summed E-state index contributed by atoms with van der Waals surface area (Å²) in [4.78, 5) is 26.1. The molecule has 0 aliphatic carbocycles. The largest absolute Gasteiger partial charge is 0.348 e. The van der Waals surface area contributed by atoms with Gasteiger partial charge in [-0.25, -0.2) is 4.98 Å². The Balaban J connectivity index is 1.73. The van der Waals surface area contributed by atoms with Crippen LogP contribution in [0.4, 0.5) is 5.95 Å². The normalized spacial score (nSPS) is 13.7. The van der Waals surface area contributed by atoms with Gasteiger partial charge >= 0.3 is 0 Å². The third kappa shape index (κ3) is 5.44. The lowest BCUT2D eigenvalue weighted by Gasteiger charge is -2.17. The van der Waals surface area contributed by atoms with Gasteiger partial charge in [0.15, 0.2) is 0 Å². The Morgan fingerprint density at radius 3 is 2.85 bits per heavy atom. The molecule has 8 heteroatoms. The summed E-state index contributed by atoms with van der Waals surface area (Å²) in [6, 6.07) is 8.97. The molecule has 1 aliphatic heterocycles. The minimum atomic E-state index is -0.266. The molecule has 1 aliphatic rings. The van der Waals surface area contributed by atoms with Crippen molar-refractivity contribution >= 4 is 40.2 Å². The number of para-hydroxylation sites is 1. The van der Waals surface area contributed by atoms with E-state index < -0.39 is 0 Å². The lowest BCUT2D eigenvalue weighted by molar-refractivity contribution is 0.102. The molecule has 0 atom stereocenters. The van der Waals surface area contributed by atoms with E-state index in [1.807, 2.05) is 74.4 Å². The molecule has 7 nitrogen and oxygen atoms in total. The van der Waals surface area contributed by atoms with Crippen molar-refractivity contribution in [3.63, 3.8) is 0 Å². The number of halogens is 1. The predicted molar refractivity (Wildman–Crippen MR) is 139 cm³/mol. The molecule has 2 aromatic heterocycles. The molecule has 4 rings (SSSR count). The average molecular weight is 475 g/mol. The van der Waals surface area contributed by atoms with Crippen molar-refractivity contribution < 1.29 is 4.79 Å². The highest BCUT2D eigenvalue weighted by Crippen LogP contribution is 2.31. The van der Waals surface area contributed by atoms with Crippen LogP contribution < -0.4 is 5.32 Å². The van der Waals surface area contributed by atoms with Crippen molar-refractivity contribution in [1.82, 2.24) is 24.3 Å². The van der Waals surface area contributed by atoms with Gasteiger partial charge in [-0.1, -0.05) is 35.9 Å². The maximum Gasteiger partial charge on any atom is 0.258 e. The molecule has 1 aromatic carbocycles. The summed E-state index contributed by atoms with van der Waals surface area (Å²) in [6.07, 6.45) is 15.8. The van der Waals surface area contributed by atoms with E-state index in [-0.39, 0.29) is 5.91 Å². The number of carbonyl (C=O) groups excluding carboxylic acids is 1. The summed E-state index contributed by atoms with van der Waals surface area (Å²) in [7, 11) is 4.07. The van der Waals surface area contributed by atoms with Gasteiger partial charge in [-0.3, -0.25) is 19.7 Å². The molecule has 34 heavy (non-hydrogen) atoms. The number of anilines is 1. The molecule has 1 amide bonds. The highest BCUT2D eigenvalue weighted by Gasteiger charge is 2.19. The highest BCUT2D eigenvalue weighted by molar-refractivity contribution is 6.35. The molecule has 0 spiro atoms. The lowest BCUT2D eigenvalue weighted by atomic mass is 10.2. The number of rotatable bonds is 7. The smallest absolute Gasteiger partial charge is 0.258 e. The first-order valence-electron chi connectivity index (χ1n) is 11.0. The maximum absolute atomic E-state index is 13.0. The van der Waals surface area contributed by atoms with Gasteiger partial charge in [0.2, 0.25) is 5.95 Å². The van der Waals surface area contributed by atoms with Gasteiger partial charge in [0.25, 0.3) is 5.91 Å². The number of pyridine rings is 1. The Morgan fingerprint density at radius 2 is 2.06 bits per heavy atom. The number of hydrogen-bond acceptors (Lipinski definition) is 5. The fourth-order valence-corrected chi connectivity index (χ4v) is 3.83. The number of aromatic nitrogens is 3. The zero-order valence-corrected chi connectivity index (χ0v) is 20.2. The van der Waals surface area contributed by atoms with Crippen molar-refractivity contribution in [2.24, 2.45) is 0 Å². The van der Waals surface area contributed by atoms with Crippen LogP contribution in [0.15, 0.2) is 79.3 Å². The van der Waals surface area contributed by atoms with E-state index in [0.717, 1.165) is 23.5 Å². The summed E-state index contributed by atoms with van der Waals surface area (Å²) >= 11 is 6.60. The monoisotopic (exact) mass is 474 g/mol. The molecule has 0 saturated carbocycles. The summed E-state index contributed by atoms with van der Waals surface area (Å²) in [6.45, 7) is 3.42. The van der Waals surface area contributed by atoms with Gasteiger partial charge in [-0.15, -0.1) is 0 Å². The second-order valence-corrected chi connectivity index (χ2v) is 8.61. The Morgan fingerprint density at radius 1 is 1.21 bits per heavy atom. The number of likely N-dealkylation sites (N-methyl/N-ethyl adjacent to an activating group) is 1. The van der Waals surface area contributed by atoms with Crippen LogP contribution in [0.25, 0.3) is 16.7 Å². The Labute approximate surface area is 204 Å². The number of nitrogens with zero attached hydrogens (tertiary/aromatic N) is 5. The Bertz CT molecular complexity index is 1320. The van der Waals surface area contributed by atoms with Crippen molar-refractivity contribution in [3.8, 4) is 0 Å². The third-order valence-electron chi connectivity index (χ3n) is 5.18. The van der Waals surface area contributed by atoms with Crippen LogP contribution in [-0.2, 0) is 0 Å². The molecule has 174 valence electrons. The van der Waals surface area contributed by atoms with Crippen molar-refractivity contribution in [2.45, 2.75) is 6.92 Å². The first-order chi connectivity index (χ1) is 16.4. The predicted octanol–water partition coefficient (Wildman–Crippen LogP) is 4.95. The topological polar surface area (TPSA) is 66.3 Å². The van der Waals surface area contributed by atoms with Gasteiger partial charge in [0, 0.05) is 42.9 Å². The van der Waals surface area contributed by atoms with Crippen LogP contribution in [0.2, 0.25) is 5.02 Å². The van der Waals surface area contributed by atoms with Gasteiger partial charge in [0.05, 0.1) is 21.8 Å². The van der Waals surface area contributed by atoms with Crippen LogP contribution in [0.1, 0.15) is 16.1 Å². The number of allylic oxidation sites excluding steroid dienone is 4. The number of carbonyl (C=O) groups is 1. The fourth-order valence-electron chi connectivity index (χ4n) is 3.58. The summed E-state index contributed by atoms with van der Waals surface area (Å²) < 4.78 is 1.88. The molecule has 3 heterocycles. The lowest BCUT2D eigenvalue weighted by Crippen LogP contribution is -2.17. The minimum absolute atomic E-state index is 0.266. The number of nitrogens with one attached hydrogen (secondary N) is 1. The van der Waals surface area contributed by atoms with Crippen LogP contribution in [0, 0.1) is 6.92 Å². The maximum atomic E-state index is 13.0. The number of imidazole rings is 1. The highest BCUT2D eigenvalue weighted by atomic mass is 35.5. The van der Waals surface area contributed by atoms with Crippen molar-refractivity contribution in [2.75, 3.05) is 32.5 Å². The number of hydrogen-bond donors (Lipinski definition) is 1. The van der Waals surface area contributed by atoms with E-state index in [0.29, 0.717) is 28.6 Å². The van der Waals surface area contributed by atoms with E-state index in [4.69, 9.17) is 11.6 Å². The Kier molecular flexibility index (Phi) is 7.25. The van der Waals surface area contributed by atoms with Crippen LogP contribution >= 0.6 is 11.6 Å². The van der Waals surface area contributed by atoms with Gasteiger partial charge in [0.1, 0.15) is 0 Å². The SMILES string of the molecule is Cc1cc(C(=O)Nc2nc3cccc(Cl)c3n2C2=CN(CC=CCN(C)C)C=CC=C2)ccn1. The van der Waals surface area contributed by atoms with E-state index in [1.165, 1.54) is 0 Å². The van der Waals surface area contributed by atoms with Crippen molar-refractivity contribution in [3.05, 3.63) is 95.6 Å². The van der Waals surface area contributed by atoms with Crippen LogP contribution in [0.3, 0.4) is 0 Å². The quantitative estimate of drug-likeness (QED) is 0.491. The zero-order valence-electron chi connectivity index (χ0n) is 19.4. The second kappa shape index (κ2) is 10.5. The summed E-state index contributed by atoms with van der Waals surface area (Å²) in [5, 5.41) is 3.51.